The zero-order valence-corrected chi connectivity index (χ0v) is 11.0. The van der Waals surface area contributed by atoms with Gasteiger partial charge >= 0.3 is 6.03 Å². The first-order chi connectivity index (χ1) is 9.28. The molecule has 1 saturated carbocycles. The van der Waals surface area contributed by atoms with E-state index in [-0.39, 0.29) is 12.1 Å². The van der Waals surface area contributed by atoms with Crippen LogP contribution >= 0.6 is 0 Å². The molecule has 1 aliphatic carbocycles. The normalized spacial score (nSPS) is 23.4. The first-order valence-corrected chi connectivity index (χ1v) is 6.75. The maximum absolute atomic E-state index is 11.8. The molecule has 19 heavy (non-hydrogen) atoms. The summed E-state index contributed by atoms with van der Waals surface area (Å²) in [4.78, 5) is 17.9. The van der Waals surface area contributed by atoms with Gasteiger partial charge in [0.15, 0.2) is 0 Å². The third-order valence-electron chi connectivity index (χ3n) is 3.35. The molecule has 1 atom stereocenters. The summed E-state index contributed by atoms with van der Waals surface area (Å²) < 4.78 is 10.9. The Morgan fingerprint density at radius 3 is 3.11 bits per heavy atom. The lowest BCUT2D eigenvalue weighted by Gasteiger charge is -2.31. The Morgan fingerprint density at radius 1 is 1.53 bits per heavy atom. The van der Waals surface area contributed by atoms with Crippen LogP contribution in [0.15, 0.2) is 4.52 Å². The number of amides is 2. The highest BCUT2D eigenvalue weighted by molar-refractivity contribution is 5.74. The van der Waals surface area contributed by atoms with Crippen molar-refractivity contribution in [3.63, 3.8) is 0 Å². The van der Waals surface area contributed by atoms with E-state index in [1.165, 1.54) is 0 Å². The Morgan fingerprint density at radius 2 is 2.37 bits per heavy atom. The predicted octanol–water partition coefficient (Wildman–Crippen LogP) is 1.05. The second-order valence-electron chi connectivity index (χ2n) is 4.91. The van der Waals surface area contributed by atoms with Gasteiger partial charge in [-0.1, -0.05) is 5.16 Å². The molecule has 1 saturated heterocycles. The minimum atomic E-state index is -0.285. The van der Waals surface area contributed by atoms with Gasteiger partial charge in [-0.05, 0) is 19.8 Å². The smallest absolute Gasteiger partial charge is 0.317 e. The highest BCUT2D eigenvalue weighted by Gasteiger charge is 2.33. The van der Waals surface area contributed by atoms with Crippen LogP contribution in [0.2, 0.25) is 0 Å². The second-order valence-corrected chi connectivity index (χ2v) is 4.91. The standard InChI is InChI=1S/C12H18N4O3/c1-2-13-12(17)16-5-6-18-9(7-16)10-14-11(19-15-10)8-3-4-8/h8-9H,2-7H2,1H3,(H,13,17). The highest BCUT2D eigenvalue weighted by Crippen LogP contribution is 2.39. The summed E-state index contributed by atoms with van der Waals surface area (Å²) in [5, 5.41) is 6.76. The zero-order valence-electron chi connectivity index (χ0n) is 11.0. The van der Waals surface area contributed by atoms with Gasteiger partial charge in [-0.15, -0.1) is 0 Å². The largest absolute Gasteiger partial charge is 0.366 e. The van der Waals surface area contributed by atoms with Crippen LogP contribution in [0.25, 0.3) is 0 Å². The van der Waals surface area contributed by atoms with Crippen LogP contribution < -0.4 is 5.32 Å². The Labute approximate surface area is 111 Å². The van der Waals surface area contributed by atoms with E-state index in [1.54, 1.807) is 4.90 Å². The zero-order chi connectivity index (χ0) is 13.2. The molecular weight excluding hydrogens is 248 g/mol. The molecule has 3 rings (SSSR count). The quantitative estimate of drug-likeness (QED) is 0.884. The third-order valence-corrected chi connectivity index (χ3v) is 3.35. The van der Waals surface area contributed by atoms with Crippen LogP contribution in [-0.2, 0) is 4.74 Å². The summed E-state index contributed by atoms with van der Waals surface area (Å²) >= 11 is 0. The minimum absolute atomic E-state index is 0.0679. The number of carbonyl (C=O) groups is 1. The highest BCUT2D eigenvalue weighted by atomic mass is 16.5. The second kappa shape index (κ2) is 5.16. The van der Waals surface area contributed by atoms with Crippen molar-refractivity contribution in [3.8, 4) is 0 Å². The van der Waals surface area contributed by atoms with Gasteiger partial charge in [0.05, 0.1) is 13.2 Å². The number of morpholine rings is 1. The summed E-state index contributed by atoms with van der Waals surface area (Å²) in [7, 11) is 0. The monoisotopic (exact) mass is 266 g/mol. The van der Waals surface area contributed by atoms with E-state index in [9.17, 15) is 4.79 Å². The van der Waals surface area contributed by atoms with Crippen molar-refractivity contribution in [1.82, 2.24) is 20.4 Å². The van der Waals surface area contributed by atoms with Crippen LogP contribution in [0.5, 0.6) is 0 Å². The molecule has 0 bridgehead atoms. The summed E-state index contributed by atoms with van der Waals surface area (Å²) in [6.07, 6.45) is 1.96. The molecule has 2 heterocycles. The maximum atomic E-state index is 11.8. The molecule has 1 N–H and O–H groups in total. The van der Waals surface area contributed by atoms with Gasteiger partial charge < -0.3 is 19.5 Å². The number of hydrogen-bond acceptors (Lipinski definition) is 5. The van der Waals surface area contributed by atoms with Gasteiger partial charge in [0.1, 0.15) is 6.10 Å². The molecule has 1 unspecified atom stereocenters. The number of ether oxygens (including phenoxy) is 1. The fraction of sp³-hybridized carbons (Fsp3) is 0.750. The molecular formula is C12H18N4O3. The molecule has 1 aliphatic heterocycles. The predicted molar refractivity (Wildman–Crippen MR) is 65.6 cm³/mol. The number of carbonyl (C=O) groups excluding carboxylic acids is 1. The van der Waals surface area contributed by atoms with Crippen molar-refractivity contribution in [2.24, 2.45) is 0 Å². The summed E-state index contributed by atoms with van der Waals surface area (Å²) in [6.45, 7) is 4.08. The molecule has 0 spiro atoms. The van der Waals surface area contributed by atoms with E-state index >= 15 is 0 Å². The van der Waals surface area contributed by atoms with Crippen molar-refractivity contribution < 1.29 is 14.1 Å². The lowest BCUT2D eigenvalue weighted by Crippen LogP contribution is -2.47. The molecule has 2 aliphatic rings. The van der Waals surface area contributed by atoms with Crippen molar-refractivity contribution in [2.75, 3.05) is 26.2 Å². The molecule has 1 aromatic rings. The van der Waals surface area contributed by atoms with Crippen LogP contribution in [-0.4, -0.2) is 47.3 Å². The lowest BCUT2D eigenvalue weighted by atomic mass is 10.2. The van der Waals surface area contributed by atoms with Crippen LogP contribution in [0, 0.1) is 0 Å². The Kier molecular flexibility index (Phi) is 3.37. The Hall–Kier alpha value is -1.63. The summed E-state index contributed by atoms with van der Waals surface area (Å²) in [5.41, 5.74) is 0. The number of nitrogens with one attached hydrogen (secondary N) is 1. The van der Waals surface area contributed by atoms with Crippen molar-refractivity contribution in [3.05, 3.63) is 11.7 Å². The van der Waals surface area contributed by atoms with Gasteiger partial charge in [0, 0.05) is 19.0 Å². The number of nitrogens with zero attached hydrogens (tertiary/aromatic N) is 3. The number of hydrogen-bond donors (Lipinski definition) is 1. The summed E-state index contributed by atoms with van der Waals surface area (Å²) in [6, 6.07) is -0.0679. The molecule has 104 valence electrons. The number of aromatic nitrogens is 2. The molecule has 0 radical (unpaired) electrons. The van der Waals surface area contributed by atoms with Gasteiger partial charge in [-0.2, -0.15) is 4.98 Å². The van der Waals surface area contributed by atoms with Crippen molar-refractivity contribution in [2.45, 2.75) is 31.8 Å². The lowest BCUT2D eigenvalue weighted by molar-refractivity contribution is -0.0208. The van der Waals surface area contributed by atoms with Crippen LogP contribution in [0.4, 0.5) is 4.79 Å². The molecule has 0 aromatic carbocycles. The Bertz CT molecular complexity index is 458. The third kappa shape index (κ3) is 2.70. The molecule has 7 nitrogen and oxygen atoms in total. The molecule has 1 aromatic heterocycles. The molecule has 2 amide bonds. The van der Waals surface area contributed by atoms with E-state index in [2.05, 4.69) is 15.5 Å². The fourth-order valence-corrected chi connectivity index (χ4v) is 2.13. The first kappa shape index (κ1) is 12.4. The minimum Gasteiger partial charge on any atom is -0.366 e. The number of rotatable bonds is 3. The first-order valence-electron chi connectivity index (χ1n) is 6.75. The van der Waals surface area contributed by atoms with E-state index in [1.807, 2.05) is 6.92 Å². The van der Waals surface area contributed by atoms with Gasteiger partial charge in [-0.3, -0.25) is 0 Å². The summed E-state index contributed by atoms with van der Waals surface area (Å²) in [5.74, 6) is 1.69. The van der Waals surface area contributed by atoms with E-state index in [4.69, 9.17) is 9.26 Å². The van der Waals surface area contributed by atoms with Gasteiger partial charge in [-0.25, -0.2) is 4.79 Å². The average molecular weight is 266 g/mol. The topological polar surface area (TPSA) is 80.5 Å². The van der Waals surface area contributed by atoms with Crippen LogP contribution in [0.3, 0.4) is 0 Å². The average Bonchev–Trinajstić information content (AvgIpc) is 3.17. The Balaban J connectivity index is 1.64. The van der Waals surface area contributed by atoms with E-state index in [0.717, 1.165) is 12.8 Å². The van der Waals surface area contributed by atoms with E-state index in [0.29, 0.717) is 43.9 Å². The van der Waals surface area contributed by atoms with Crippen molar-refractivity contribution >= 4 is 6.03 Å². The molecule has 7 heteroatoms. The fourth-order valence-electron chi connectivity index (χ4n) is 2.13. The maximum Gasteiger partial charge on any atom is 0.317 e. The van der Waals surface area contributed by atoms with Crippen LogP contribution in [0.1, 0.15) is 43.5 Å². The van der Waals surface area contributed by atoms with Gasteiger partial charge in [0.25, 0.3) is 0 Å². The SMILES string of the molecule is CCNC(=O)N1CCOC(c2noc(C3CC3)n2)C1. The molecule has 2 fully saturated rings. The van der Waals surface area contributed by atoms with E-state index < -0.39 is 0 Å². The van der Waals surface area contributed by atoms with Gasteiger partial charge in [0.2, 0.25) is 11.7 Å². The number of urea groups is 1. The van der Waals surface area contributed by atoms with Crippen molar-refractivity contribution in [1.29, 1.82) is 0 Å².